The summed E-state index contributed by atoms with van der Waals surface area (Å²) < 4.78 is 17.8. The highest BCUT2D eigenvalue weighted by molar-refractivity contribution is 5.92. The van der Waals surface area contributed by atoms with Crippen LogP contribution < -0.4 is 14.9 Å². The van der Waals surface area contributed by atoms with Gasteiger partial charge in [-0.25, -0.2) is 0 Å². The molecule has 0 radical (unpaired) electrons. The zero-order chi connectivity index (χ0) is 23.2. The van der Waals surface area contributed by atoms with Crippen LogP contribution in [0.1, 0.15) is 45.2 Å². The van der Waals surface area contributed by atoms with Crippen molar-refractivity contribution < 1.29 is 24.1 Å². The van der Waals surface area contributed by atoms with Crippen LogP contribution in [0.15, 0.2) is 39.6 Å². The molecule has 0 fully saturated rings. The molecule has 2 N–H and O–H groups in total. The van der Waals surface area contributed by atoms with E-state index in [9.17, 15) is 15.0 Å². The average Bonchev–Trinajstić information content (AvgIpc) is 2.70. The summed E-state index contributed by atoms with van der Waals surface area (Å²) in [6, 6.07) is 6.35. The largest absolute Gasteiger partial charge is 0.508 e. The molecule has 1 aromatic heterocycles. The van der Waals surface area contributed by atoms with E-state index >= 15 is 0 Å². The standard InChI is InChI=1S/C26H28O6/c1-14(2)6-8-16-19(30-5)13-21-22(23(16)28)24(29)18-10-11-26(3,4)32-20-12-15(27)7-9-17(20)25(18)31-21/h6-9,12-14,27-28H,10-11H2,1-5H3/b8-6+. The van der Waals surface area contributed by atoms with Crippen molar-refractivity contribution in [1.82, 2.24) is 0 Å². The van der Waals surface area contributed by atoms with Gasteiger partial charge >= 0.3 is 0 Å². The van der Waals surface area contributed by atoms with Crippen LogP contribution in [0.2, 0.25) is 0 Å². The van der Waals surface area contributed by atoms with Crippen molar-refractivity contribution in [2.24, 2.45) is 5.92 Å². The summed E-state index contributed by atoms with van der Waals surface area (Å²) in [5.74, 6) is 1.38. The number of aromatic hydroxyl groups is 2. The third-order valence-electron chi connectivity index (χ3n) is 5.69. The maximum atomic E-state index is 13.7. The van der Waals surface area contributed by atoms with Gasteiger partial charge in [0.2, 0.25) is 0 Å². The molecule has 0 aliphatic carbocycles. The lowest BCUT2D eigenvalue weighted by atomic mass is 9.92. The molecule has 0 saturated carbocycles. The number of benzene rings is 2. The van der Waals surface area contributed by atoms with E-state index in [4.69, 9.17) is 13.9 Å². The van der Waals surface area contributed by atoms with Crippen LogP contribution in [0.4, 0.5) is 0 Å². The van der Waals surface area contributed by atoms with Crippen LogP contribution >= 0.6 is 0 Å². The van der Waals surface area contributed by atoms with E-state index in [2.05, 4.69) is 0 Å². The smallest absolute Gasteiger partial charge is 0.200 e. The molecule has 0 spiro atoms. The molecule has 2 aromatic carbocycles. The van der Waals surface area contributed by atoms with E-state index in [1.165, 1.54) is 19.2 Å². The normalized spacial score (nSPS) is 15.2. The van der Waals surface area contributed by atoms with E-state index in [1.54, 1.807) is 18.2 Å². The fraction of sp³-hybridized carbons (Fsp3) is 0.346. The van der Waals surface area contributed by atoms with Crippen LogP contribution in [0.3, 0.4) is 0 Å². The molecule has 6 nitrogen and oxygen atoms in total. The molecular formula is C26H28O6. The summed E-state index contributed by atoms with van der Waals surface area (Å²) in [6.07, 6.45) is 4.68. The van der Waals surface area contributed by atoms with Crippen LogP contribution in [0.5, 0.6) is 23.0 Å². The minimum Gasteiger partial charge on any atom is -0.508 e. The molecule has 0 bridgehead atoms. The molecular weight excluding hydrogens is 408 g/mol. The van der Waals surface area contributed by atoms with Crippen molar-refractivity contribution >= 4 is 17.0 Å². The van der Waals surface area contributed by atoms with E-state index in [0.717, 1.165) is 0 Å². The number of fused-ring (bicyclic) bond motifs is 4. The molecule has 4 rings (SSSR count). The number of hydrogen-bond donors (Lipinski definition) is 2. The first-order valence-corrected chi connectivity index (χ1v) is 10.7. The molecule has 3 aromatic rings. The van der Waals surface area contributed by atoms with Crippen molar-refractivity contribution in [2.45, 2.75) is 46.1 Å². The van der Waals surface area contributed by atoms with Crippen molar-refractivity contribution in [2.75, 3.05) is 7.11 Å². The van der Waals surface area contributed by atoms with Gasteiger partial charge in [-0.05, 0) is 44.7 Å². The van der Waals surface area contributed by atoms with E-state index in [0.29, 0.717) is 46.8 Å². The van der Waals surface area contributed by atoms with Gasteiger partial charge in [0.05, 0.1) is 18.2 Å². The number of rotatable bonds is 3. The highest BCUT2D eigenvalue weighted by Gasteiger charge is 2.30. The Bertz CT molecular complexity index is 1280. The van der Waals surface area contributed by atoms with Crippen molar-refractivity contribution in [3.8, 4) is 34.3 Å². The molecule has 0 saturated heterocycles. The first-order chi connectivity index (χ1) is 15.1. The van der Waals surface area contributed by atoms with Crippen LogP contribution in [0.25, 0.3) is 28.4 Å². The van der Waals surface area contributed by atoms with Crippen molar-refractivity contribution in [1.29, 1.82) is 0 Å². The summed E-state index contributed by atoms with van der Waals surface area (Å²) in [5, 5.41) is 21.2. The van der Waals surface area contributed by atoms with E-state index in [1.807, 2.05) is 33.8 Å². The molecule has 0 amide bonds. The zero-order valence-electron chi connectivity index (χ0n) is 19.0. The molecule has 6 heteroatoms. The monoisotopic (exact) mass is 436 g/mol. The fourth-order valence-corrected chi connectivity index (χ4v) is 3.98. The average molecular weight is 437 g/mol. The highest BCUT2D eigenvalue weighted by atomic mass is 16.5. The summed E-state index contributed by atoms with van der Waals surface area (Å²) in [7, 11) is 1.51. The van der Waals surface area contributed by atoms with Gasteiger partial charge in [-0.2, -0.15) is 0 Å². The second-order valence-corrected chi connectivity index (χ2v) is 9.10. The number of methoxy groups -OCH3 is 1. The van der Waals surface area contributed by atoms with Gasteiger partial charge in [0.1, 0.15) is 45.3 Å². The van der Waals surface area contributed by atoms with Crippen molar-refractivity contribution in [3.05, 3.63) is 51.7 Å². The lowest BCUT2D eigenvalue weighted by molar-refractivity contribution is 0.0986. The minimum absolute atomic E-state index is 0.0608. The van der Waals surface area contributed by atoms with Gasteiger partial charge in [0.25, 0.3) is 0 Å². The van der Waals surface area contributed by atoms with E-state index < -0.39 is 5.60 Å². The first-order valence-electron chi connectivity index (χ1n) is 10.7. The molecule has 32 heavy (non-hydrogen) atoms. The number of hydrogen-bond acceptors (Lipinski definition) is 6. The third kappa shape index (κ3) is 3.81. The molecule has 168 valence electrons. The fourth-order valence-electron chi connectivity index (χ4n) is 3.98. The number of phenolic OH excluding ortho intramolecular Hbond substituents is 2. The maximum absolute atomic E-state index is 13.7. The van der Waals surface area contributed by atoms with Gasteiger partial charge in [0, 0.05) is 17.7 Å². The number of ether oxygens (including phenoxy) is 2. The quantitative estimate of drug-likeness (QED) is 0.551. The van der Waals surface area contributed by atoms with Gasteiger partial charge in [-0.15, -0.1) is 0 Å². The van der Waals surface area contributed by atoms with Crippen LogP contribution in [-0.2, 0) is 6.42 Å². The Hall–Kier alpha value is -3.41. The number of phenols is 2. The van der Waals surface area contributed by atoms with Gasteiger partial charge in [0.15, 0.2) is 5.43 Å². The minimum atomic E-state index is -0.561. The molecule has 1 aliphatic heterocycles. The molecule has 0 unspecified atom stereocenters. The Morgan fingerprint density at radius 1 is 1.19 bits per heavy atom. The van der Waals surface area contributed by atoms with Crippen LogP contribution in [-0.4, -0.2) is 22.9 Å². The SMILES string of the molecule is COc1cc2oc3c(c(=O)c2c(O)c1/C=C/C(C)C)CCC(C)(C)Oc1cc(O)ccc1-3. The highest BCUT2D eigenvalue weighted by Crippen LogP contribution is 2.43. The zero-order valence-corrected chi connectivity index (χ0v) is 19.0. The maximum Gasteiger partial charge on any atom is 0.200 e. The van der Waals surface area contributed by atoms with E-state index in [-0.39, 0.29) is 33.8 Å². The Kier molecular flexibility index (Phi) is 5.41. The summed E-state index contributed by atoms with van der Waals surface area (Å²) in [5.41, 5.74) is 0.878. The van der Waals surface area contributed by atoms with Crippen LogP contribution in [0, 0.1) is 5.92 Å². The van der Waals surface area contributed by atoms with Gasteiger partial charge in [-0.3, -0.25) is 4.79 Å². The summed E-state index contributed by atoms with van der Waals surface area (Å²) >= 11 is 0. The predicted molar refractivity (Wildman–Crippen MR) is 125 cm³/mol. The second kappa shape index (κ2) is 7.93. The molecule has 0 atom stereocenters. The van der Waals surface area contributed by atoms with Crippen molar-refractivity contribution in [3.63, 3.8) is 0 Å². The Morgan fingerprint density at radius 3 is 2.62 bits per heavy atom. The Morgan fingerprint density at radius 2 is 1.94 bits per heavy atom. The topological polar surface area (TPSA) is 89.1 Å². The first kappa shape index (κ1) is 21.8. The van der Waals surface area contributed by atoms with Gasteiger partial charge < -0.3 is 24.1 Å². The second-order valence-electron chi connectivity index (χ2n) is 9.10. The molecule has 1 aliphatic rings. The van der Waals surface area contributed by atoms with Gasteiger partial charge in [-0.1, -0.05) is 26.0 Å². The predicted octanol–water partition coefficient (Wildman–Crippen LogP) is 5.65. The summed E-state index contributed by atoms with van der Waals surface area (Å²) in [4.78, 5) is 13.7. The summed E-state index contributed by atoms with van der Waals surface area (Å²) in [6.45, 7) is 7.92. The Labute approximate surface area is 186 Å². The Balaban J connectivity index is 2.06. The molecule has 2 heterocycles. The lowest BCUT2D eigenvalue weighted by Crippen LogP contribution is -2.31. The third-order valence-corrected chi connectivity index (χ3v) is 5.69. The lowest BCUT2D eigenvalue weighted by Gasteiger charge is -2.30. The number of allylic oxidation sites excluding steroid dienone is 1.